The second-order valence-electron chi connectivity index (χ2n) is 10.1. The van der Waals surface area contributed by atoms with E-state index in [1.54, 1.807) is 0 Å². The van der Waals surface area contributed by atoms with E-state index in [0.29, 0.717) is 6.42 Å². The van der Waals surface area contributed by atoms with Crippen LogP contribution < -0.4 is 15.8 Å². The van der Waals surface area contributed by atoms with Gasteiger partial charge in [0.25, 0.3) is 0 Å². The minimum absolute atomic E-state index is 0.155. The predicted molar refractivity (Wildman–Crippen MR) is 151 cm³/mol. The Bertz CT molecular complexity index is 1220. The lowest BCUT2D eigenvalue weighted by molar-refractivity contribution is -0.127. The van der Waals surface area contributed by atoms with Gasteiger partial charge in [-0.2, -0.15) is 0 Å². The summed E-state index contributed by atoms with van der Waals surface area (Å²) in [4.78, 5) is 13.5. The molecule has 0 aliphatic heterocycles. The van der Waals surface area contributed by atoms with Gasteiger partial charge in [-0.25, -0.2) is 13.1 Å². The maximum atomic E-state index is 13.5. The first-order valence-electron chi connectivity index (χ1n) is 13.0. The smallest absolute Gasteiger partial charge is 0.224 e. The Hall–Kier alpha value is -3.04. The van der Waals surface area contributed by atoms with E-state index in [1.165, 1.54) is 0 Å². The van der Waals surface area contributed by atoms with Crippen molar-refractivity contribution in [1.29, 1.82) is 0 Å². The summed E-state index contributed by atoms with van der Waals surface area (Å²) in [6.07, 6.45) is -0.306. The number of hydrogen-bond acceptors (Lipinski definition) is 5. The molecule has 4 unspecified atom stereocenters. The van der Waals surface area contributed by atoms with Crippen LogP contribution in [0.5, 0.6) is 0 Å². The number of carbonyl (C=O) groups is 1. The molecule has 0 bridgehead atoms. The van der Waals surface area contributed by atoms with E-state index in [0.717, 1.165) is 16.7 Å². The Labute approximate surface area is 226 Å². The molecule has 3 aromatic carbocycles. The van der Waals surface area contributed by atoms with Gasteiger partial charge in [0.2, 0.25) is 15.9 Å². The van der Waals surface area contributed by atoms with Gasteiger partial charge in [0.1, 0.15) is 0 Å². The van der Waals surface area contributed by atoms with Crippen molar-refractivity contribution >= 4 is 15.9 Å². The van der Waals surface area contributed by atoms with Crippen molar-refractivity contribution in [2.45, 2.75) is 51.4 Å². The molecule has 4 atom stereocenters. The van der Waals surface area contributed by atoms with E-state index in [9.17, 15) is 18.3 Å². The van der Waals surface area contributed by atoms with Gasteiger partial charge < -0.3 is 16.2 Å². The van der Waals surface area contributed by atoms with Gasteiger partial charge in [-0.05, 0) is 35.4 Å². The van der Waals surface area contributed by atoms with E-state index in [4.69, 9.17) is 5.73 Å². The summed E-state index contributed by atoms with van der Waals surface area (Å²) in [5.74, 6) is -1.78. The number of sulfonamides is 1. The van der Waals surface area contributed by atoms with Gasteiger partial charge in [0.05, 0.1) is 23.8 Å². The van der Waals surface area contributed by atoms with Crippen molar-refractivity contribution in [1.82, 2.24) is 10.0 Å². The Balaban J connectivity index is 1.72. The zero-order valence-corrected chi connectivity index (χ0v) is 22.8. The van der Waals surface area contributed by atoms with Gasteiger partial charge in [-0.3, -0.25) is 4.79 Å². The minimum atomic E-state index is -3.73. The maximum Gasteiger partial charge on any atom is 0.224 e. The van der Waals surface area contributed by atoms with E-state index < -0.39 is 40.0 Å². The van der Waals surface area contributed by atoms with Gasteiger partial charge in [-0.15, -0.1) is 0 Å². The Morgan fingerprint density at radius 1 is 0.868 bits per heavy atom. The highest BCUT2D eigenvalue weighted by Gasteiger charge is 2.32. The molecule has 0 spiro atoms. The minimum Gasteiger partial charge on any atom is -0.391 e. The summed E-state index contributed by atoms with van der Waals surface area (Å²) in [6.45, 7) is 3.80. The molecule has 0 aliphatic carbocycles. The van der Waals surface area contributed by atoms with Crippen LogP contribution in [0.15, 0.2) is 91.0 Å². The standard InChI is InChI=1S/C30H39N3O4S/c1-22(2)26(21-38(36,37)32-20-24-14-8-4-9-15-24)30(35)33-28(18-23-12-6-3-7-13-23)29(34)19-27(31)25-16-10-5-11-17-25/h3-17,22,26-29,32,34H,18-21,31H2,1-2H3,(H,33,35). The molecule has 0 radical (unpaired) electrons. The molecule has 0 saturated carbocycles. The highest BCUT2D eigenvalue weighted by Crippen LogP contribution is 2.20. The summed E-state index contributed by atoms with van der Waals surface area (Å²) in [5, 5.41) is 14.2. The Kier molecular flexibility index (Phi) is 11.0. The molecular formula is C30H39N3O4S. The van der Waals surface area contributed by atoms with Crippen LogP contribution in [0.2, 0.25) is 0 Å². The van der Waals surface area contributed by atoms with E-state index >= 15 is 0 Å². The van der Waals surface area contributed by atoms with Crippen molar-refractivity contribution in [3.63, 3.8) is 0 Å². The molecule has 3 rings (SSSR count). The third-order valence-corrected chi connectivity index (χ3v) is 8.08. The highest BCUT2D eigenvalue weighted by atomic mass is 32.2. The first-order chi connectivity index (χ1) is 18.1. The van der Waals surface area contributed by atoms with Gasteiger partial charge in [0, 0.05) is 12.6 Å². The fraction of sp³-hybridized carbons (Fsp3) is 0.367. The Morgan fingerprint density at radius 3 is 1.95 bits per heavy atom. The van der Waals surface area contributed by atoms with Crippen LogP contribution in [0.1, 0.15) is 43.0 Å². The van der Waals surface area contributed by atoms with E-state index in [1.807, 2.05) is 105 Å². The number of benzene rings is 3. The van der Waals surface area contributed by atoms with Crippen LogP contribution in [-0.4, -0.2) is 37.3 Å². The lowest BCUT2D eigenvalue weighted by atomic mass is 9.92. The molecule has 204 valence electrons. The number of amides is 1. The molecule has 0 saturated heterocycles. The number of carbonyl (C=O) groups excluding carboxylic acids is 1. The SMILES string of the molecule is CC(C)C(CS(=O)(=O)NCc1ccccc1)C(=O)NC(Cc1ccccc1)C(O)CC(N)c1ccccc1. The quantitative estimate of drug-likeness (QED) is 0.251. The predicted octanol–water partition coefficient (Wildman–Crippen LogP) is 3.56. The topological polar surface area (TPSA) is 122 Å². The Morgan fingerprint density at radius 2 is 1.39 bits per heavy atom. The van der Waals surface area contributed by atoms with Crippen LogP contribution in [0.3, 0.4) is 0 Å². The number of aliphatic hydroxyl groups excluding tert-OH is 1. The summed E-state index contributed by atoms with van der Waals surface area (Å²) in [7, 11) is -3.73. The number of nitrogens with two attached hydrogens (primary N) is 1. The average molecular weight is 538 g/mol. The van der Waals surface area contributed by atoms with Crippen molar-refractivity contribution in [3.8, 4) is 0 Å². The summed E-state index contributed by atoms with van der Waals surface area (Å²) < 4.78 is 28.4. The summed E-state index contributed by atoms with van der Waals surface area (Å²) >= 11 is 0. The lowest BCUT2D eigenvalue weighted by Crippen LogP contribution is -2.50. The van der Waals surface area contributed by atoms with Crippen molar-refractivity contribution in [2.75, 3.05) is 5.75 Å². The number of nitrogens with one attached hydrogen (secondary N) is 2. The normalized spacial score (nSPS) is 15.0. The average Bonchev–Trinajstić information content (AvgIpc) is 2.91. The van der Waals surface area contributed by atoms with Crippen LogP contribution in [-0.2, 0) is 27.8 Å². The van der Waals surface area contributed by atoms with Crippen LogP contribution in [0, 0.1) is 11.8 Å². The molecule has 1 amide bonds. The molecule has 0 aromatic heterocycles. The highest BCUT2D eigenvalue weighted by molar-refractivity contribution is 7.89. The zero-order chi connectivity index (χ0) is 27.5. The van der Waals surface area contributed by atoms with Crippen molar-refractivity contribution < 1.29 is 18.3 Å². The molecule has 8 heteroatoms. The largest absolute Gasteiger partial charge is 0.391 e. The molecule has 0 aliphatic rings. The monoisotopic (exact) mass is 537 g/mol. The third-order valence-electron chi connectivity index (χ3n) is 6.69. The molecule has 5 N–H and O–H groups in total. The maximum absolute atomic E-state index is 13.5. The number of aliphatic hydroxyl groups is 1. The summed E-state index contributed by atoms with van der Waals surface area (Å²) in [6, 6.07) is 27.2. The fourth-order valence-electron chi connectivity index (χ4n) is 4.36. The van der Waals surface area contributed by atoms with Gasteiger partial charge >= 0.3 is 0 Å². The van der Waals surface area contributed by atoms with E-state index in [-0.39, 0.29) is 24.6 Å². The number of rotatable bonds is 14. The zero-order valence-electron chi connectivity index (χ0n) is 22.0. The molecule has 0 heterocycles. The number of hydrogen-bond donors (Lipinski definition) is 4. The molecular weight excluding hydrogens is 498 g/mol. The fourth-order valence-corrected chi connectivity index (χ4v) is 5.87. The van der Waals surface area contributed by atoms with Gasteiger partial charge in [-0.1, -0.05) is 105 Å². The molecule has 38 heavy (non-hydrogen) atoms. The van der Waals surface area contributed by atoms with Crippen LogP contribution in [0.4, 0.5) is 0 Å². The lowest BCUT2D eigenvalue weighted by Gasteiger charge is -2.29. The first kappa shape index (κ1) is 29.5. The van der Waals surface area contributed by atoms with Crippen LogP contribution in [0.25, 0.3) is 0 Å². The van der Waals surface area contributed by atoms with E-state index in [2.05, 4.69) is 10.0 Å². The molecule has 7 nitrogen and oxygen atoms in total. The van der Waals surface area contributed by atoms with Crippen molar-refractivity contribution in [3.05, 3.63) is 108 Å². The van der Waals surface area contributed by atoms with Gasteiger partial charge in [0.15, 0.2) is 0 Å². The third kappa shape index (κ3) is 9.36. The first-order valence-corrected chi connectivity index (χ1v) is 14.6. The van der Waals surface area contributed by atoms with Crippen molar-refractivity contribution in [2.24, 2.45) is 17.6 Å². The van der Waals surface area contributed by atoms with Crippen LogP contribution >= 0.6 is 0 Å². The summed E-state index contributed by atoms with van der Waals surface area (Å²) in [5.41, 5.74) is 9.05. The second-order valence-corrected chi connectivity index (χ2v) is 11.9. The second kappa shape index (κ2) is 14.2. The molecule has 3 aromatic rings. The molecule has 0 fully saturated rings.